The molecule has 0 saturated carbocycles. The molecule has 4 nitrogen and oxygen atoms in total. The lowest BCUT2D eigenvalue weighted by Crippen LogP contribution is -2.39. The Labute approximate surface area is 111 Å². The largest absolute Gasteiger partial charge is 0.480 e. The molecule has 0 radical (unpaired) electrons. The maximum Gasteiger partial charge on any atom is 0.320 e. The minimum Gasteiger partial charge on any atom is -0.480 e. The summed E-state index contributed by atoms with van der Waals surface area (Å²) < 4.78 is 0. The fraction of sp³-hybridized carbons (Fsp3) is 0.462. The van der Waals surface area contributed by atoms with Crippen LogP contribution in [-0.2, 0) is 11.3 Å². The van der Waals surface area contributed by atoms with Crippen molar-refractivity contribution < 1.29 is 9.90 Å². The minimum atomic E-state index is -0.909. The standard InChI is InChI=1S/C13H17ClN2O2/c14-11-3-1-9(2-4-11)7-16-6-5-10(8-16)12(15)13(17)18/h1-4,10,12H,5-8,15H2,(H,17,18). The number of hydrogen-bond donors (Lipinski definition) is 2. The number of carboxylic acid groups (broad SMARTS) is 1. The third kappa shape index (κ3) is 3.22. The predicted molar refractivity (Wildman–Crippen MR) is 70.4 cm³/mol. The monoisotopic (exact) mass is 268 g/mol. The van der Waals surface area contributed by atoms with Gasteiger partial charge in [0, 0.05) is 18.1 Å². The van der Waals surface area contributed by atoms with Gasteiger partial charge >= 0.3 is 5.97 Å². The fourth-order valence-electron chi connectivity index (χ4n) is 2.35. The number of hydrogen-bond acceptors (Lipinski definition) is 3. The van der Waals surface area contributed by atoms with E-state index in [2.05, 4.69) is 4.90 Å². The van der Waals surface area contributed by atoms with Crippen molar-refractivity contribution in [3.63, 3.8) is 0 Å². The average Bonchev–Trinajstić information content (AvgIpc) is 2.79. The van der Waals surface area contributed by atoms with Crippen molar-refractivity contribution in [2.24, 2.45) is 11.7 Å². The predicted octanol–water partition coefficient (Wildman–Crippen LogP) is 1.57. The number of carboxylic acids is 1. The number of carbonyl (C=O) groups is 1. The second kappa shape index (κ2) is 5.69. The van der Waals surface area contributed by atoms with Crippen molar-refractivity contribution in [1.29, 1.82) is 0 Å². The first-order chi connectivity index (χ1) is 8.56. The van der Waals surface area contributed by atoms with Crippen molar-refractivity contribution in [3.05, 3.63) is 34.9 Å². The Bertz CT molecular complexity index is 422. The highest BCUT2D eigenvalue weighted by Crippen LogP contribution is 2.21. The molecule has 1 fully saturated rings. The number of nitrogens with zero attached hydrogens (tertiary/aromatic N) is 1. The highest BCUT2D eigenvalue weighted by Gasteiger charge is 2.31. The maximum absolute atomic E-state index is 10.8. The summed E-state index contributed by atoms with van der Waals surface area (Å²) in [7, 11) is 0. The van der Waals surface area contributed by atoms with Gasteiger partial charge in [-0.2, -0.15) is 0 Å². The van der Waals surface area contributed by atoms with Crippen LogP contribution in [0.1, 0.15) is 12.0 Å². The van der Waals surface area contributed by atoms with Crippen LogP contribution in [0.25, 0.3) is 0 Å². The summed E-state index contributed by atoms with van der Waals surface area (Å²) >= 11 is 5.83. The first kappa shape index (κ1) is 13.3. The Hall–Kier alpha value is -1.10. The second-order valence-corrected chi connectivity index (χ2v) is 5.21. The average molecular weight is 269 g/mol. The number of halogens is 1. The minimum absolute atomic E-state index is 0.0507. The Kier molecular flexibility index (Phi) is 4.22. The van der Waals surface area contributed by atoms with Crippen LogP contribution < -0.4 is 5.73 Å². The summed E-state index contributed by atoms with van der Waals surface area (Å²) in [5.74, 6) is -0.858. The third-order valence-electron chi connectivity index (χ3n) is 3.42. The summed E-state index contributed by atoms with van der Waals surface area (Å²) in [6.07, 6.45) is 0.848. The lowest BCUT2D eigenvalue weighted by molar-refractivity contribution is -0.139. The van der Waals surface area contributed by atoms with E-state index in [0.717, 1.165) is 31.1 Å². The number of likely N-dealkylation sites (tertiary alicyclic amines) is 1. The molecule has 0 spiro atoms. The van der Waals surface area contributed by atoms with E-state index in [0.29, 0.717) is 0 Å². The van der Waals surface area contributed by atoms with Gasteiger partial charge < -0.3 is 10.8 Å². The van der Waals surface area contributed by atoms with Crippen molar-refractivity contribution in [3.8, 4) is 0 Å². The summed E-state index contributed by atoms with van der Waals surface area (Å²) in [6, 6.07) is 6.97. The van der Waals surface area contributed by atoms with Crippen LogP contribution in [0.4, 0.5) is 0 Å². The first-order valence-corrected chi connectivity index (χ1v) is 6.39. The van der Waals surface area contributed by atoms with Crippen LogP contribution in [0.3, 0.4) is 0 Å². The quantitative estimate of drug-likeness (QED) is 0.870. The molecule has 1 aromatic rings. The van der Waals surface area contributed by atoms with Gasteiger partial charge in [-0.1, -0.05) is 23.7 Å². The highest BCUT2D eigenvalue weighted by molar-refractivity contribution is 6.30. The molecule has 1 saturated heterocycles. The van der Waals surface area contributed by atoms with E-state index in [4.69, 9.17) is 22.4 Å². The zero-order chi connectivity index (χ0) is 13.1. The van der Waals surface area contributed by atoms with Crippen LogP contribution in [-0.4, -0.2) is 35.1 Å². The van der Waals surface area contributed by atoms with E-state index in [1.54, 1.807) is 0 Å². The van der Waals surface area contributed by atoms with Gasteiger partial charge in [-0.3, -0.25) is 9.69 Å². The van der Waals surface area contributed by atoms with Gasteiger partial charge in [0.25, 0.3) is 0 Å². The molecular formula is C13H17ClN2O2. The molecule has 1 aromatic carbocycles. The van der Waals surface area contributed by atoms with Gasteiger partial charge in [0.2, 0.25) is 0 Å². The number of rotatable bonds is 4. The normalized spacial score (nSPS) is 22.0. The van der Waals surface area contributed by atoms with E-state index in [9.17, 15) is 4.79 Å². The fourth-order valence-corrected chi connectivity index (χ4v) is 2.47. The van der Waals surface area contributed by atoms with E-state index in [1.165, 1.54) is 5.56 Å². The topological polar surface area (TPSA) is 66.6 Å². The first-order valence-electron chi connectivity index (χ1n) is 6.01. The Balaban J connectivity index is 1.89. The molecule has 1 heterocycles. The van der Waals surface area contributed by atoms with E-state index in [1.807, 2.05) is 24.3 Å². The molecule has 2 atom stereocenters. The zero-order valence-electron chi connectivity index (χ0n) is 10.1. The van der Waals surface area contributed by atoms with Crippen molar-refractivity contribution in [2.75, 3.05) is 13.1 Å². The molecule has 2 unspecified atom stereocenters. The molecule has 18 heavy (non-hydrogen) atoms. The number of benzene rings is 1. The van der Waals surface area contributed by atoms with Crippen LogP contribution in [0, 0.1) is 5.92 Å². The van der Waals surface area contributed by atoms with Crippen molar-refractivity contribution in [1.82, 2.24) is 4.90 Å². The molecule has 98 valence electrons. The molecular weight excluding hydrogens is 252 g/mol. The van der Waals surface area contributed by atoms with Gasteiger partial charge in [0.05, 0.1) is 0 Å². The highest BCUT2D eigenvalue weighted by atomic mass is 35.5. The molecule has 3 N–H and O–H groups in total. The van der Waals surface area contributed by atoms with E-state index < -0.39 is 12.0 Å². The Morgan fingerprint density at radius 1 is 1.50 bits per heavy atom. The van der Waals surface area contributed by atoms with Gasteiger partial charge in [0.1, 0.15) is 6.04 Å². The molecule has 5 heteroatoms. The van der Waals surface area contributed by atoms with Crippen molar-refractivity contribution >= 4 is 17.6 Å². The SMILES string of the molecule is NC(C(=O)O)C1CCN(Cc2ccc(Cl)cc2)C1. The second-order valence-electron chi connectivity index (χ2n) is 4.77. The number of aliphatic carboxylic acids is 1. The van der Waals surface area contributed by atoms with Crippen LogP contribution in [0.2, 0.25) is 5.02 Å². The molecule has 0 amide bonds. The summed E-state index contributed by atoms with van der Waals surface area (Å²) in [5.41, 5.74) is 6.84. The van der Waals surface area contributed by atoms with Gasteiger partial charge in [-0.05, 0) is 36.6 Å². The lowest BCUT2D eigenvalue weighted by Gasteiger charge is -2.18. The summed E-state index contributed by atoms with van der Waals surface area (Å²) in [6.45, 7) is 2.46. The van der Waals surface area contributed by atoms with Gasteiger partial charge in [-0.15, -0.1) is 0 Å². The van der Waals surface area contributed by atoms with Crippen molar-refractivity contribution in [2.45, 2.75) is 19.0 Å². The zero-order valence-corrected chi connectivity index (χ0v) is 10.8. The molecule has 0 bridgehead atoms. The Morgan fingerprint density at radius 3 is 2.78 bits per heavy atom. The number of nitrogens with two attached hydrogens (primary N) is 1. The van der Waals surface area contributed by atoms with Crippen LogP contribution in [0.15, 0.2) is 24.3 Å². The lowest BCUT2D eigenvalue weighted by atomic mass is 10.0. The van der Waals surface area contributed by atoms with Gasteiger partial charge in [-0.25, -0.2) is 0 Å². The molecule has 1 aliphatic rings. The van der Waals surface area contributed by atoms with Gasteiger partial charge in [0.15, 0.2) is 0 Å². The molecule has 2 rings (SSSR count). The Morgan fingerprint density at radius 2 is 2.17 bits per heavy atom. The molecule has 1 aliphatic heterocycles. The smallest absolute Gasteiger partial charge is 0.320 e. The van der Waals surface area contributed by atoms with Crippen LogP contribution >= 0.6 is 11.6 Å². The third-order valence-corrected chi connectivity index (χ3v) is 3.67. The maximum atomic E-state index is 10.8. The molecule has 0 aliphatic carbocycles. The van der Waals surface area contributed by atoms with E-state index in [-0.39, 0.29) is 5.92 Å². The van der Waals surface area contributed by atoms with Crippen LogP contribution in [0.5, 0.6) is 0 Å². The molecule has 0 aromatic heterocycles. The van der Waals surface area contributed by atoms with E-state index >= 15 is 0 Å². The summed E-state index contributed by atoms with van der Waals surface area (Å²) in [4.78, 5) is 13.1. The summed E-state index contributed by atoms with van der Waals surface area (Å²) in [5, 5.41) is 9.62.